The maximum atomic E-state index is 4.82. The molecule has 2 saturated carbocycles. The summed E-state index contributed by atoms with van der Waals surface area (Å²) in [5.41, 5.74) is 2.72. The Morgan fingerprint density at radius 3 is 1.96 bits per heavy atom. The average Bonchev–Trinajstić information content (AvgIpc) is 2.74. The molecule has 0 bridgehead atoms. The number of hydrogen-bond acceptors (Lipinski definition) is 1. The molecule has 1 aromatic heterocycles. The molecule has 0 radical (unpaired) electrons. The summed E-state index contributed by atoms with van der Waals surface area (Å²) in [6.45, 7) is 9.61. The lowest BCUT2D eigenvalue weighted by molar-refractivity contribution is 0.118. The standard InChI is InChI=1S/C27H45N/c1-5-7-22-9-12-24(13-10-22)20(3)25-14-16-26(17-15-25)21(4)27-18-11-23(8-6-2)19-28-27/h11,18-22,24-26H,5-10,12-17H2,1-4H3. The molecule has 1 heteroatoms. The van der Waals surface area contributed by atoms with Crippen molar-refractivity contribution in [1.82, 2.24) is 4.98 Å². The van der Waals surface area contributed by atoms with E-state index in [-0.39, 0.29) is 0 Å². The molecule has 1 aromatic rings. The zero-order valence-electron chi connectivity index (χ0n) is 19.1. The molecule has 0 N–H and O–H groups in total. The molecular formula is C27H45N. The van der Waals surface area contributed by atoms with E-state index in [4.69, 9.17) is 4.98 Å². The third kappa shape index (κ3) is 5.61. The molecule has 0 spiro atoms. The van der Waals surface area contributed by atoms with Gasteiger partial charge in [0.1, 0.15) is 0 Å². The third-order valence-corrected chi connectivity index (χ3v) is 8.45. The molecule has 0 amide bonds. The summed E-state index contributed by atoms with van der Waals surface area (Å²) in [6, 6.07) is 4.62. The maximum absolute atomic E-state index is 4.82. The Morgan fingerprint density at radius 2 is 1.43 bits per heavy atom. The third-order valence-electron chi connectivity index (χ3n) is 8.45. The fourth-order valence-electron chi connectivity index (χ4n) is 6.35. The Balaban J connectivity index is 1.46. The maximum Gasteiger partial charge on any atom is 0.0434 e. The van der Waals surface area contributed by atoms with Crippen LogP contribution in [-0.4, -0.2) is 4.98 Å². The van der Waals surface area contributed by atoms with Crippen LogP contribution in [0, 0.1) is 29.6 Å². The average molecular weight is 384 g/mol. The summed E-state index contributed by atoms with van der Waals surface area (Å²) in [4.78, 5) is 4.82. The number of pyridine rings is 1. The van der Waals surface area contributed by atoms with Gasteiger partial charge in [-0.3, -0.25) is 4.98 Å². The highest BCUT2D eigenvalue weighted by Crippen LogP contribution is 2.45. The van der Waals surface area contributed by atoms with Crippen LogP contribution in [0.3, 0.4) is 0 Å². The van der Waals surface area contributed by atoms with Crippen molar-refractivity contribution in [3.8, 4) is 0 Å². The van der Waals surface area contributed by atoms with Crippen molar-refractivity contribution in [3.05, 3.63) is 29.6 Å². The highest BCUT2D eigenvalue weighted by molar-refractivity contribution is 5.17. The number of hydrogen-bond donors (Lipinski definition) is 0. The van der Waals surface area contributed by atoms with Gasteiger partial charge in [0.25, 0.3) is 0 Å². The highest BCUT2D eigenvalue weighted by Gasteiger charge is 2.33. The first-order chi connectivity index (χ1) is 13.6. The van der Waals surface area contributed by atoms with E-state index in [0.717, 1.165) is 36.0 Å². The van der Waals surface area contributed by atoms with Crippen molar-refractivity contribution < 1.29 is 0 Å². The molecule has 158 valence electrons. The van der Waals surface area contributed by atoms with Crippen LogP contribution >= 0.6 is 0 Å². The highest BCUT2D eigenvalue weighted by atomic mass is 14.7. The second kappa shape index (κ2) is 10.8. The van der Waals surface area contributed by atoms with Crippen LogP contribution < -0.4 is 0 Å². The molecule has 0 aliphatic heterocycles. The number of nitrogens with zero attached hydrogens (tertiary/aromatic N) is 1. The summed E-state index contributed by atoms with van der Waals surface area (Å²) < 4.78 is 0. The van der Waals surface area contributed by atoms with Gasteiger partial charge < -0.3 is 0 Å². The molecular weight excluding hydrogens is 338 g/mol. The molecule has 3 rings (SSSR count). The zero-order chi connectivity index (χ0) is 19.9. The summed E-state index contributed by atoms with van der Waals surface area (Å²) in [5.74, 6) is 5.45. The second-order valence-electron chi connectivity index (χ2n) is 10.2. The second-order valence-corrected chi connectivity index (χ2v) is 10.2. The van der Waals surface area contributed by atoms with Crippen molar-refractivity contribution in [1.29, 1.82) is 0 Å². The largest absolute Gasteiger partial charge is 0.261 e. The Morgan fingerprint density at radius 1 is 0.821 bits per heavy atom. The Kier molecular flexibility index (Phi) is 8.42. The van der Waals surface area contributed by atoms with Gasteiger partial charge in [-0.2, -0.15) is 0 Å². The van der Waals surface area contributed by atoms with Gasteiger partial charge in [0.05, 0.1) is 0 Å². The van der Waals surface area contributed by atoms with E-state index in [1.807, 2.05) is 0 Å². The van der Waals surface area contributed by atoms with Gasteiger partial charge in [-0.15, -0.1) is 0 Å². The summed E-state index contributed by atoms with van der Waals surface area (Å²) in [5, 5.41) is 0. The minimum Gasteiger partial charge on any atom is -0.261 e. The van der Waals surface area contributed by atoms with E-state index in [0.29, 0.717) is 5.92 Å². The number of aryl methyl sites for hydroxylation is 1. The summed E-state index contributed by atoms with van der Waals surface area (Å²) in [6.07, 6.45) is 19.1. The normalized spacial score (nSPS) is 30.7. The first kappa shape index (κ1) is 21.8. The topological polar surface area (TPSA) is 12.9 Å². The lowest BCUT2D eigenvalue weighted by Gasteiger charge is -2.40. The van der Waals surface area contributed by atoms with E-state index < -0.39 is 0 Å². The lowest BCUT2D eigenvalue weighted by Crippen LogP contribution is -2.29. The van der Waals surface area contributed by atoms with Crippen LogP contribution in [0.4, 0.5) is 0 Å². The first-order valence-electron chi connectivity index (χ1n) is 12.6. The minimum absolute atomic E-state index is 0.622. The van der Waals surface area contributed by atoms with E-state index in [1.54, 1.807) is 0 Å². The zero-order valence-corrected chi connectivity index (χ0v) is 19.1. The van der Waals surface area contributed by atoms with E-state index in [2.05, 4.69) is 46.0 Å². The van der Waals surface area contributed by atoms with Crippen molar-refractivity contribution in [2.75, 3.05) is 0 Å². The monoisotopic (exact) mass is 383 g/mol. The minimum atomic E-state index is 0.622. The van der Waals surface area contributed by atoms with Crippen LogP contribution in [0.15, 0.2) is 18.3 Å². The van der Waals surface area contributed by atoms with Gasteiger partial charge in [0, 0.05) is 17.8 Å². The van der Waals surface area contributed by atoms with Crippen LogP contribution in [0.25, 0.3) is 0 Å². The van der Waals surface area contributed by atoms with Crippen molar-refractivity contribution >= 4 is 0 Å². The SMILES string of the molecule is CCCc1ccc(C(C)C2CCC(C(C)C3CCC(CCC)CC3)CC2)nc1. The van der Waals surface area contributed by atoms with Crippen LogP contribution in [0.2, 0.25) is 0 Å². The Bertz CT molecular complexity index is 546. The van der Waals surface area contributed by atoms with Crippen molar-refractivity contribution in [2.24, 2.45) is 29.6 Å². The molecule has 2 fully saturated rings. The van der Waals surface area contributed by atoms with Gasteiger partial charge in [-0.1, -0.05) is 65.9 Å². The summed E-state index contributed by atoms with van der Waals surface area (Å²) >= 11 is 0. The molecule has 2 unspecified atom stereocenters. The molecule has 1 nitrogen and oxygen atoms in total. The Labute approximate surface area is 175 Å². The van der Waals surface area contributed by atoms with Crippen molar-refractivity contribution in [2.45, 2.75) is 111 Å². The lowest BCUT2D eigenvalue weighted by atomic mass is 9.66. The molecule has 0 aromatic carbocycles. The van der Waals surface area contributed by atoms with E-state index in [9.17, 15) is 0 Å². The fourth-order valence-corrected chi connectivity index (χ4v) is 6.35. The van der Waals surface area contributed by atoms with Crippen molar-refractivity contribution in [3.63, 3.8) is 0 Å². The first-order valence-corrected chi connectivity index (χ1v) is 12.6. The number of aromatic nitrogens is 1. The summed E-state index contributed by atoms with van der Waals surface area (Å²) in [7, 11) is 0. The fraction of sp³-hybridized carbons (Fsp3) is 0.815. The van der Waals surface area contributed by atoms with Gasteiger partial charge in [0.2, 0.25) is 0 Å². The van der Waals surface area contributed by atoms with Gasteiger partial charge in [-0.05, 0) is 86.2 Å². The predicted molar refractivity (Wildman–Crippen MR) is 122 cm³/mol. The van der Waals surface area contributed by atoms with Crippen LogP contribution in [0.5, 0.6) is 0 Å². The molecule has 2 aliphatic rings. The molecule has 2 atom stereocenters. The predicted octanol–water partition coefficient (Wildman–Crippen LogP) is 8.19. The van der Waals surface area contributed by atoms with E-state index in [1.165, 1.54) is 81.9 Å². The van der Waals surface area contributed by atoms with Gasteiger partial charge in [-0.25, -0.2) is 0 Å². The molecule has 28 heavy (non-hydrogen) atoms. The quantitative estimate of drug-likeness (QED) is 0.441. The van der Waals surface area contributed by atoms with Crippen LogP contribution in [0.1, 0.15) is 115 Å². The molecule has 0 saturated heterocycles. The molecule has 1 heterocycles. The van der Waals surface area contributed by atoms with E-state index >= 15 is 0 Å². The van der Waals surface area contributed by atoms with Gasteiger partial charge in [0.15, 0.2) is 0 Å². The van der Waals surface area contributed by atoms with Gasteiger partial charge >= 0.3 is 0 Å². The molecule has 2 aliphatic carbocycles. The number of rotatable bonds is 8. The smallest absolute Gasteiger partial charge is 0.0434 e. The Hall–Kier alpha value is -0.850. The van der Waals surface area contributed by atoms with Crippen LogP contribution in [-0.2, 0) is 6.42 Å².